The fourth-order valence-corrected chi connectivity index (χ4v) is 5.67. The van der Waals surface area contributed by atoms with Crippen LogP contribution in [0.4, 0.5) is 5.69 Å². The molecule has 0 saturated carbocycles. The second kappa shape index (κ2) is 10.1. The molecule has 2 heterocycles. The van der Waals surface area contributed by atoms with Crippen LogP contribution >= 0.6 is 0 Å². The highest BCUT2D eigenvalue weighted by molar-refractivity contribution is 7.93. The largest absolute Gasteiger partial charge is 0.336 e. The number of pyridine rings is 1. The summed E-state index contributed by atoms with van der Waals surface area (Å²) in [6.45, 7) is 5.91. The molecule has 8 heteroatoms. The van der Waals surface area contributed by atoms with Crippen molar-refractivity contribution in [3.05, 3.63) is 102 Å². The lowest BCUT2D eigenvalue weighted by Crippen LogP contribution is -2.48. The van der Waals surface area contributed by atoms with E-state index in [4.69, 9.17) is 0 Å². The third-order valence-corrected chi connectivity index (χ3v) is 7.87. The summed E-state index contributed by atoms with van der Waals surface area (Å²) in [5.41, 5.74) is 3.87. The van der Waals surface area contributed by atoms with Gasteiger partial charge >= 0.3 is 0 Å². The fraction of sp³-hybridized carbons (Fsp3) is 0.214. The Balaban J connectivity index is 1.21. The minimum Gasteiger partial charge on any atom is -0.336 e. The Hall–Kier alpha value is -3.75. The van der Waals surface area contributed by atoms with Gasteiger partial charge in [0.05, 0.1) is 5.52 Å². The predicted molar refractivity (Wildman–Crippen MR) is 141 cm³/mol. The SMILES string of the molecule is Cc1ccc(CN2CCN(C(=O)c3ccc(NS(=O)(=O)c4cccc5cccnc45)cc3)CC2)cc1. The molecule has 5 rings (SSSR count). The van der Waals surface area contributed by atoms with Crippen molar-refractivity contribution >= 4 is 32.5 Å². The first-order chi connectivity index (χ1) is 17.4. The van der Waals surface area contributed by atoms with Gasteiger partial charge in [0.2, 0.25) is 0 Å². The molecule has 0 bridgehead atoms. The number of carbonyl (C=O) groups excluding carboxylic acids is 1. The van der Waals surface area contributed by atoms with E-state index in [2.05, 4.69) is 45.8 Å². The first-order valence-corrected chi connectivity index (χ1v) is 13.4. The molecule has 1 saturated heterocycles. The van der Waals surface area contributed by atoms with Crippen molar-refractivity contribution in [3.8, 4) is 0 Å². The van der Waals surface area contributed by atoms with Crippen LogP contribution in [-0.2, 0) is 16.6 Å². The Morgan fingerprint density at radius 2 is 1.58 bits per heavy atom. The average molecular weight is 501 g/mol. The normalized spacial score (nSPS) is 14.6. The number of hydrogen-bond acceptors (Lipinski definition) is 5. The summed E-state index contributed by atoms with van der Waals surface area (Å²) in [4.78, 5) is 21.6. The number of benzene rings is 3. The number of hydrogen-bond donors (Lipinski definition) is 1. The molecule has 0 atom stereocenters. The maximum atomic E-state index is 13.0. The molecule has 1 aliphatic heterocycles. The summed E-state index contributed by atoms with van der Waals surface area (Å²) in [6, 6.07) is 23.8. The van der Waals surface area contributed by atoms with Gasteiger partial charge in [-0.05, 0) is 48.9 Å². The van der Waals surface area contributed by atoms with Crippen LogP contribution in [0.3, 0.4) is 0 Å². The van der Waals surface area contributed by atoms with Crippen LogP contribution in [0.25, 0.3) is 10.9 Å². The van der Waals surface area contributed by atoms with E-state index in [-0.39, 0.29) is 10.8 Å². The zero-order chi connectivity index (χ0) is 25.1. The molecule has 1 aliphatic rings. The zero-order valence-electron chi connectivity index (χ0n) is 20.1. The van der Waals surface area contributed by atoms with Gasteiger partial charge in [-0.15, -0.1) is 0 Å². The summed E-state index contributed by atoms with van der Waals surface area (Å²) in [7, 11) is -3.84. The van der Waals surface area contributed by atoms with E-state index in [1.807, 2.05) is 17.0 Å². The number of amides is 1. The standard InChI is InChI=1S/C28H28N4O3S/c1-21-7-9-22(10-8-21)20-31-16-18-32(19-17-31)28(33)24-11-13-25(14-12-24)30-36(34,35)26-6-2-4-23-5-3-15-29-27(23)26/h2-15,30H,16-20H2,1H3. The lowest BCUT2D eigenvalue weighted by Gasteiger charge is -2.34. The number of nitrogens with zero attached hydrogens (tertiary/aromatic N) is 3. The molecule has 7 nitrogen and oxygen atoms in total. The minimum absolute atomic E-state index is 0.0438. The van der Waals surface area contributed by atoms with Crippen molar-refractivity contribution in [1.29, 1.82) is 0 Å². The fourth-order valence-electron chi connectivity index (χ4n) is 4.43. The van der Waals surface area contributed by atoms with Gasteiger partial charge in [-0.25, -0.2) is 8.42 Å². The smallest absolute Gasteiger partial charge is 0.264 e. The number of sulfonamides is 1. The number of anilines is 1. The van der Waals surface area contributed by atoms with Crippen molar-refractivity contribution in [3.63, 3.8) is 0 Å². The van der Waals surface area contributed by atoms with Gasteiger partial charge in [-0.2, -0.15) is 0 Å². The van der Waals surface area contributed by atoms with E-state index in [1.54, 1.807) is 42.6 Å². The number of piperazine rings is 1. The van der Waals surface area contributed by atoms with Gasteiger partial charge in [0.1, 0.15) is 4.90 Å². The second-order valence-electron chi connectivity index (χ2n) is 9.07. The molecule has 3 aromatic carbocycles. The minimum atomic E-state index is -3.84. The zero-order valence-corrected chi connectivity index (χ0v) is 20.9. The number of aryl methyl sites for hydroxylation is 1. The Morgan fingerprint density at radius 3 is 2.31 bits per heavy atom. The van der Waals surface area contributed by atoms with Crippen LogP contribution in [0.1, 0.15) is 21.5 Å². The van der Waals surface area contributed by atoms with Crippen molar-refractivity contribution in [2.45, 2.75) is 18.4 Å². The lowest BCUT2D eigenvalue weighted by molar-refractivity contribution is 0.0628. The maximum Gasteiger partial charge on any atom is 0.264 e. The third kappa shape index (κ3) is 5.24. The predicted octanol–water partition coefficient (Wildman–Crippen LogP) is 4.30. The monoisotopic (exact) mass is 500 g/mol. The molecule has 4 aromatic rings. The molecule has 1 amide bonds. The average Bonchev–Trinajstić information content (AvgIpc) is 2.90. The van der Waals surface area contributed by atoms with Crippen molar-refractivity contribution in [2.24, 2.45) is 0 Å². The van der Waals surface area contributed by atoms with Gasteiger partial charge in [0, 0.05) is 55.6 Å². The Bertz CT molecular complexity index is 1470. The summed E-state index contributed by atoms with van der Waals surface area (Å²) in [6.07, 6.45) is 1.57. The van der Waals surface area contributed by atoms with Gasteiger partial charge in [0.25, 0.3) is 15.9 Å². The maximum absolute atomic E-state index is 13.0. The molecule has 1 aromatic heterocycles. The summed E-state index contributed by atoms with van der Waals surface area (Å²) >= 11 is 0. The van der Waals surface area contributed by atoms with Crippen molar-refractivity contribution < 1.29 is 13.2 Å². The van der Waals surface area contributed by atoms with E-state index in [9.17, 15) is 13.2 Å². The summed E-state index contributed by atoms with van der Waals surface area (Å²) in [5.74, 6) is -0.0438. The Morgan fingerprint density at radius 1 is 0.889 bits per heavy atom. The van der Waals surface area contributed by atoms with Crippen LogP contribution in [0.2, 0.25) is 0 Å². The van der Waals surface area contributed by atoms with Crippen molar-refractivity contribution in [1.82, 2.24) is 14.8 Å². The number of fused-ring (bicyclic) bond motifs is 1. The van der Waals surface area contributed by atoms with Crippen LogP contribution in [-0.4, -0.2) is 55.3 Å². The quantitative estimate of drug-likeness (QED) is 0.427. The molecule has 1 N–H and O–H groups in total. The summed E-state index contributed by atoms with van der Waals surface area (Å²) in [5, 5.41) is 0.750. The van der Waals surface area contributed by atoms with E-state index >= 15 is 0 Å². The Kier molecular flexibility index (Phi) is 6.71. The molecular weight excluding hydrogens is 472 g/mol. The second-order valence-corrected chi connectivity index (χ2v) is 10.7. The topological polar surface area (TPSA) is 82.6 Å². The lowest BCUT2D eigenvalue weighted by atomic mass is 10.1. The molecule has 184 valence electrons. The molecular formula is C28H28N4O3S. The van der Waals surface area contributed by atoms with E-state index < -0.39 is 10.0 Å². The van der Waals surface area contributed by atoms with Gasteiger partial charge in [0.15, 0.2) is 0 Å². The molecule has 0 spiro atoms. The van der Waals surface area contributed by atoms with Gasteiger partial charge < -0.3 is 4.90 Å². The number of carbonyl (C=O) groups is 1. The highest BCUT2D eigenvalue weighted by atomic mass is 32.2. The van der Waals surface area contributed by atoms with E-state index in [1.165, 1.54) is 17.2 Å². The van der Waals surface area contributed by atoms with Crippen molar-refractivity contribution in [2.75, 3.05) is 30.9 Å². The molecule has 36 heavy (non-hydrogen) atoms. The molecule has 0 aliphatic carbocycles. The van der Waals surface area contributed by atoms with Gasteiger partial charge in [-0.1, -0.05) is 48.0 Å². The summed E-state index contributed by atoms with van der Waals surface area (Å²) < 4.78 is 28.7. The number of nitrogens with one attached hydrogen (secondary N) is 1. The number of para-hydroxylation sites is 1. The highest BCUT2D eigenvalue weighted by Gasteiger charge is 2.23. The third-order valence-electron chi connectivity index (χ3n) is 6.46. The molecule has 1 fully saturated rings. The van der Waals surface area contributed by atoms with Crippen LogP contribution < -0.4 is 4.72 Å². The van der Waals surface area contributed by atoms with Crippen LogP contribution in [0.15, 0.2) is 90.0 Å². The Labute approximate surface area is 211 Å². The van der Waals surface area contributed by atoms with Crippen LogP contribution in [0, 0.1) is 6.92 Å². The first kappa shape index (κ1) is 24.0. The van der Waals surface area contributed by atoms with Crippen LogP contribution in [0.5, 0.6) is 0 Å². The van der Waals surface area contributed by atoms with E-state index in [0.29, 0.717) is 29.9 Å². The number of aromatic nitrogens is 1. The van der Waals surface area contributed by atoms with E-state index in [0.717, 1.165) is 25.0 Å². The number of rotatable bonds is 6. The first-order valence-electron chi connectivity index (χ1n) is 11.9. The highest BCUT2D eigenvalue weighted by Crippen LogP contribution is 2.24. The molecule has 0 unspecified atom stereocenters. The van der Waals surface area contributed by atoms with Gasteiger partial charge in [-0.3, -0.25) is 19.4 Å². The molecule has 0 radical (unpaired) electrons.